The van der Waals surface area contributed by atoms with Crippen LogP contribution in [0.25, 0.3) is 10.8 Å². The van der Waals surface area contributed by atoms with Gasteiger partial charge in [-0.2, -0.15) is 0 Å². The van der Waals surface area contributed by atoms with E-state index in [2.05, 4.69) is 5.32 Å². The third-order valence-electron chi connectivity index (χ3n) is 3.36. The second-order valence-corrected chi connectivity index (χ2v) is 6.71. The van der Waals surface area contributed by atoms with Crippen LogP contribution in [0.1, 0.15) is 45.7 Å². The molecule has 2 aromatic rings. The molecule has 122 valence electrons. The molecular formula is C19H23NO3. The number of rotatable bonds is 4. The number of alkyl carbamates (subject to hydrolysis) is 1. The first-order valence-electron chi connectivity index (χ1n) is 7.72. The molecule has 0 aliphatic heterocycles. The Hall–Kier alpha value is -2.36. The number of hydrogen-bond donors (Lipinski definition) is 1. The number of hydrogen-bond acceptors (Lipinski definition) is 3. The smallest absolute Gasteiger partial charge is 0.408 e. The minimum absolute atomic E-state index is 0.0132. The van der Waals surface area contributed by atoms with Crippen molar-refractivity contribution in [2.45, 2.75) is 45.8 Å². The molecule has 1 unspecified atom stereocenters. The number of ether oxygens (including phenoxy) is 1. The molecule has 0 aliphatic rings. The van der Waals surface area contributed by atoms with E-state index in [-0.39, 0.29) is 12.2 Å². The van der Waals surface area contributed by atoms with Gasteiger partial charge in [0.15, 0.2) is 0 Å². The molecule has 0 spiro atoms. The van der Waals surface area contributed by atoms with Gasteiger partial charge in [-0.25, -0.2) is 4.79 Å². The molecule has 1 atom stereocenters. The molecule has 0 aliphatic carbocycles. The van der Waals surface area contributed by atoms with E-state index >= 15 is 0 Å². The van der Waals surface area contributed by atoms with Crippen LogP contribution in [0, 0.1) is 0 Å². The van der Waals surface area contributed by atoms with Crippen LogP contribution >= 0.6 is 0 Å². The first kappa shape index (κ1) is 17.0. The van der Waals surface area contributed by atoms with E-state index in [0.29, 0.717) is 0 Å². The number of ketones is 1. The zero-order valence-electron chi connectivity index (χ0n) is 14.1. The number of benzene rings is 2. The van der Waals surface area contributed by atoms with Crippen LogP contribution in [-0.4, -0.2) is 17.5 Å². The van der Waals surface area contributed by atoms with Gasteiger partial charge in [0.1, 0.15) is 11.4 Å². The highest BCUT2D eigenvalue weighted by Crippen LogP contribution is 2.23. The Morgan fingerprint density at radius 3 is 2.35 bits per heavy atom. The van der Waals surface area contributed by atoms with Crippen molar-refractivity contribution >= 4 is 22.6 Å². The zero-order valence-corrected chi connectivity index (χ0v) is 14.1. The molecule has 0 aromatic heterocycles. The Morgan fingerprint density at radius 1 is 1.09 bits per heavy atom. The molecule has 2 aromatic carbocycles. The van der Waals surface area contributed by atoms with Gasteiger partial charge in [0.25, 0.3) is 0 Å². The third-order valence-corrected chi connectivity index (χ3v) is 3.36. The average molecular weight is 313 g/mol. The minimum atomic E-state index is -0.575. The SMILES string of the molecule is CC(=O)CC(NC(=O)OC(C)(C)C)c1ccc2ccccc2c1. The van der Waals surface area contributed by atoms with Crippen molar-refractivity contribution < 1.29 is 14.3 Å². The summed E-state index contributed by atoms with van der Waals surface area (Å²) in [6.45, 7) is 6.94. The molecule has 0 bridgehead atoms. The summed E-state index contributed by atoms with van der Waals surface area (Å²) in [6.07, 6.45) is -0.283. The average Bonchev–Trinajstić information content (AvgIpc) is 2.43. The van der Waals surface area contributed by atoms with Crippen LogP contribution in [0.5, 0.6) is 0 Å². The molecule has 1 N–H and O–H groups in total. The third kappa shape index (κ3) is 5.09. The molecule has 0 saturated heterocycles. The predicted octanol–water partition coefficient (Wildman–Crippen LogP) is 4.38. The highest BCUT2D eigenvalue weighted by Gasteiger charge is 2.21. The monoisotopic (exact) mass is 313 g/mol. The summed E-state index contributed by atoms with van der Waals surface area (Å²) in [5, 5.41) is 5.00. The summed E-state index contributed by atoms with van der Waals surface area (Å²) in [5.74, 6) is 0.0132. The van der Waals surface area contributed by atoms with E-state index in [9.17, 15) is 9.59 Å². The van der Waals surface area contributed by atoms with E-state index < -0.39 is 17.7 Å². The van der Waals surface area contributed by atoms with Crippen LogP contribution in [0.15, 0.2) is 42.5 Å². The highest BCUT2D eigenvalue weighted by atomic mass is 16.6. The molecule has 2 rings (SSSR count). The second kappa shape index (κ2) is 6.82. The molecule has 0 heterocycles. The summed E-state index contributed by atoms with van der Waals surface area (Å²) in [7, 11) is 0. The summed E-state index contributed by atoms with van der Waals surface area (Å²) < 4.78 is 5.30. The van der Waals surface area contributed by atoms with E-state index in [0.717, 1.165) is 16.3 Å². The van der Waals surface area contributed by atoms with Crippen molar-refractivity contribution in [1.82, 2.24) is 5.32 Å². The summed E-state index contributed by atoms with van der Waals surface area (Å²) >= 11 is 0. The van der Waals surface area contributed by atoms with Gasteiger partial charge in [-0.3, -0.25) is 4.79 Å². The van der Waals surface area contributed by atoms with Crippen molar-refractivity contribution in [3.63, 3.8) is 0 Å². The quantitative estimate of drug-likeness (QED) is 0.911. The van der Waals surface area contributed by atoms with Crippen LogP contribution < -0.4 is 5.32 Å². The lowest BCUT2D eigenvalue weighted by atomic mass is 9.98. The fourth-order valence-electron chi connectivity index (χ4n) is 2.41. The van der Waals surface area contributed by atoms with Crippen molar-refractivity contribution in [2.24, 2.45) is 0 Å². The van der Waals surface area contributed by atoms with Crippen molar-refractivity contribution in [2.75, 3.05) is 0 Å². The molecule has 1 amide bonds. The predicted molar refractivity (Wildman–Crippen MR) is 91.4 cm³/mol. The van der Waals surface area contributed by atoms with Gasteiger partial charge < -0.3 is 10.1 Å². The Balaban J connectivity index is 2.25. The molecule has 0 saturated carbocycles. The fourth-order valence-corrected chi connectivity index (χ4v) is 2.41. The lowest BCUT2D eigenvalue weighted by molar-refractivity contribution is -0.117. The van der Waals surface area contributed by atoms with Gasteiger partial charge in [-0.05, 0) is 50.1 Å². The van der Waals surface area contributed by atoms with Gasteiger partial charge in [0, 0.05) is 6.42 Å². The maximum atomic E-state index is 12.0. The molecular weight excluding hydrogens is 290 g/mol. The van der Waals surface area contributed by atoms with Crippen molar-refractivity contribution in [1.29, 1.82) is 0 Å². The van der Waals surface area contributed by atoms with Gasteiger partial charge in [0.05, 0.1) is 6.04 Å². The number of amides is 1. The maximum absolute atomic E-state index is 12.0. The first-order valence-corrected chi connectivity index (χ1v) is 7.72. The Labute approximate surface area is 136 Å². The summed E-state index contributed by atoms with van der Waals surface area (Å²) in [4.78, 5) is 23.6. The van der Waals surface area contributed by atoms with E-state index in [1.54, 1.807) is 0 Å². The van der Waals surface area contributed by atoms with Crippen molar-refractivity contribution in [3.05, 3.63) is 48.0 Å². The molecule has 4 nitrogen and oxygen atoms in total. The zero-order chi connectivity index (χ0) is 17.0. The van der Waals surface area contributed by atoms with Gasteiger partial charge in [0.2, 0.25) is 0 Å². The van der Waals surface area contributed by atoms with E-state index in [1.165, 1.54) is 6.92 Å². The number of Topliss-reactive ketones (excluding diaryl/α,β-unsaturated/α-hetero) is 1. The van der Waals surface area contributed by atoms with Crippen LogP contribution in [0.4, 0.5) is 4.79 Å². The number of nitrogens with one attached hydrogen (secondary N) is 1. The van der Waals surface area contributed by atoms with Crippen LogP contribution in [-0.2, 0) is 9.53 Å². The second-order valence-electron chi connectivity index (χ2n) is 6.71. The number of fused-ring (bicyclic) bond motifs is 1. The topological polar surface area (TPSA) is 55.4 Å². The standard InChI is InChI=1S/C19H23NO3/c1-13(21)11-17(20-18(22)23-19(2,3)4)16-10-9-14-7-5-6-8-15(14)12-16/h5-10,12,17H,11H2,1-4H3,(H,20,22). The summed E-state index contributed by atoms with van der Waals surface area (Å²) in [6, 6.07) is 13.5. The molecule has 4 heteroatoms. The molecule has 0 radical (unpaired) electrons. The first-order chi connectivity index (χ1) is 10.7. The molecule has 0 fully saturated rings. The van der Waals surface area contributed by atoms with Crippen LogP contribution in [0.3, 0.4) is 0 Å². The highest BCUT2D eigenvalue weighted by molar-refractivity contribution is 5.84. The Kier molecular flexibility index (Phi) is 5.04. The Morgan fingerprint density at radius 2 is 1.74 bits per heavy atom. The number of carbonyl (C=O) groups is 2. The Bertz CT molecular complexity index is 716. The van der Waals surface area contributed by atoms with Gasteiger partial charge in [-0.15, -0.1) is 0 Å². The van der Waals surface area contributed by atoms with Crippen LogP contribution in [0.2, 0.25) is 0 Å². The minimum Gasteiger partial charge on any atom is -0.444 e. The fraction of sp³-hybridized carbons (Fsp3) is 0.368. The van der Waals surface area contributed by atoms with Crippen molar-refractivity contribution in [3.8, 4) is 0 Å². The van der Waals surface area contributed by atoms with E-state index in [4.69, 9.17) is 4.74 Å². The van der Waals surface area contributed by atoms with Gasteiger partial charge >= 0.3 is 6.09 Å². The van der Waals surface area contributed by atoms with Gasteiger partial charge in [-0.1, -0.05) is 36.4 Å². The lowest BCUT2D eigenvalue weighted by Gasteiger charge is -2.23. The van der Waals surface area contributed by atoms with E-state index in [1.807, 2.05) is 63.2 Å². The summed E-state index contributed by atoms with van der Waals surface area (Å²) in [5.41, 5.74) is 0.318. The molecule has 23 heavy (non-hydrogen) atoms. The maximum Gasteiger partial charge on any atom is 0.408 e. The number of carbonyl (C=O) groups excluding carboxylic acids is 2. The normalized spacial score (nSPS) is 12.7. The lowest BCUT2D eigenvalue weighted by Crippen LogP contribution is -2.35. The largest absolute Gasteiger partial charge is 0.444 e.